The predicted molar refractivity (Wildman–Crippen MR) is 125 cm³/mol. The number of nitrogens with zero attached hydrogens (tertiary/aromatic N) is 4. The van der Waals surface area contributed by atoms with Gasteiger partial charge in [-0.1, -0.05) is 11.6 Å². The highest BCUT2D eigenvalue weighted by atomic mass is 35.5. The van der Waals surface area contributed by atoms with Crippen LogP contribution in [0.15, 0.2) is 18.2 Å². The Hall–Kier alpha value is -1.99. The van der Waals surface area contributed by atoms with E-state index in [0.29, 0.717) is 24.7 Å². The summed E-state index contributed by atoms with van der Waals surface area (Å²) in [5, 5.41) is 3.72. The molecule has 3 aliphatic heterocycles. The number of hydrogen-bond donors (Lipinski definition) is 1. The van der Waals surface area contributed by atoms with Crippen molar-refractivity contribution in [3.8, 4) is 0 Å². The molecule has 3 amide bonds. The molecule has 0 bridgehead atoms. The summed E-state index contributed by atoms with van der Waals surface area (Å²) in [6.45, 7) is 6.95. The number of nitrogens with one attached hydrogen (secondary N) is 1. The van der Waals surface area contributed by atoms with Gasteiger partial charge in [0.2, 0.25) is 5.91 Å². The van der Waals surface area contributed by atoms with Crippen molar-refractivity contribution in [3.05, 3.63) is 23.2 Å². The first kappa shape index (κ1) is 22.2. The molecule has 170 valence electrons. The number of urea groups is 1. The first-order valence-corrected chi connectivity index (χ1v) is 12.1. The van der Waals surface area contributed by atoms with Gasteiger partial charge in [0.1, 0.15) is 0 Å². The quantitative estimate of drug-likeness (QED) is 0.767. The summed E-state index contributed by atoms with van der Waals surface area (Å²) in [6, 6.07) is 5.64. The van der Waals surface area contributed by atoms with E-state index < -0.39 is 0 Å². The summed E-state index contributed by atoms with van der Waals surface area (Å²) < 4.78 is 0. The van der Waals surface area contributed by atoms with Crippen LogP contribution in [0.2, 0.25) is 5.02 Å². The van der Waals surface area contributed by atoms with Gasteiger partial charge in [-0.2, -0.15) is 0 Å². The Kier molecular flexibility index (Phi) is 7.56. The molecule has 4 rings (SSSR count). The van der Waals surface area contributed by atoms with Gasteiger partial charge in [-0.15, -0.1) is 0 Å². The van der Waals surface area contributed by atoms with Crippen LogP contribution in [0.1, 0.15) is 38.5 Å². The predicted octanol–water partition coefficient (Wildman–Crippen LogP) is 3.49. The summed E-state index contributed by atoms with van der Waals surface area (Å²) in [4.78, 5) is 33.8. The van der Waals surface area contributed by atoms with Crippen LogP contribution in [0.4, 0.5) is 16.2 Å². The van der Waals surface area contributed by atoms with E-state index in [4.69, 9.17) is 11.6 Å². The number of carbonyl (C=O) groups excluding carboxylic acids is 2. The fourth-order valence-corrected chi connectivity index (χ4v) is 4.93. The molecular formula is C23H34ClN5O2. The van der Waals surface area contributed by atoms with Crippen molar-refractivity contribution in [3.63, 3.8) is 0 Å². The third-order valence-corrected chi connectivity index (χ3v) is 6.86. The van der Waals surface area contributed by atoms with Crippen LogP contribution in [0, 0.1) is 0 Å². The lowest BCUT2D eigenvalue weighted by atomic mass is 10.1. The summed E-state index contributed by atoms with van der Waals surface area (Å²) in [6.07, 6.45) is 7.06. The van der Waals surface area contributed by atoms with Gasteiger partial charge in [0.15, 0.2) is 0 Å². The minimum Gasteiger partial charge on any atom is -0.370 e. The van der Waals surface area contributed by atoms with Gasteiger partial charge in [-0.25, -0.2) is 4.79 Å². The molecule has 3 fully saturated rings. The number of hydrogen-bond acceptors (Lipinski definition) is 4. The molecule has 3 aliphatic rings. The minimum absolute atomic E-state index is 0.0949. The van der Waals surface area contributed by atoms with E-state index in [2.05, 4.69) is 15.1 Å². The Bertz CT molecular complexity index is 769. The molecule has 7 nitrogen and oxygen atoms in total. The lowest BCUT2D eigenvalue weighted by Crippen LogP contribution is -2.52. The molecule has 1 aromatic rings. The molecule has 0 atom stereocenters. The van der Waals surface area contributed by atoms with Crippen molar-refractivity contribution in [2.45, 2.75) is 38.5 Å². The van der Waals surface area contributed by atoms with Crippen LogP contribution < -0.4 is 10.2 Å². The number of benzene rings is 1. The van der Waals surface area contributed by atoms with Gasteiger partial charge in [0.05, 0.1) is 17.9 Å². The fourth-order valence-electron chi connectivity index (χ4n) is 4.76. The van der Waals surface area contributed by atoms with Gasteiger partial charge in [0.25, 0.3) is 0 Å². The first-order chi connectivity index (χ1) is 15.1. The van der Waals surface area contributed by atoms with Crippen molar-refractivity contribution in [1.29, 1.82) is 0 Å². The highest BCUT2D eigenvalue weighted by Gasteiger charge is 2.26. The largest absolute Gasteiger partial charge is 0.370 e. The van der Waals surface area contributed by atoms with E-state index in [1.165, 1.54) is 25.7 Å². The summed E-state index contributed by atoms with van der Waals surface area (Å²) >= 11 is 6.23. The highest BCUT2D eigenvalue weighted by Crippen LogP contribution is 2.31. The number of halogens is 1. The maximum absolute atomic E-state index is 12.9. The maximum atomic E-state index is 12.9. The molecule has 1 N–H and O–H groups in total. The van der Waals surface area contributed by atoms with Gasteiger partial charge >= 0.3 is 6.03 Å². The third-order valence-electron chi connectivity index (χ3n) is 6.62. The van der Waals surface area contributed by atoms with Gasteiger partial charge < -0.3 is 20.0 Å². The number of piperidine rings is 2. The molecule has 3 heterocycles. The topological polar surface area (TPSA) is 59.1 Å². The van der Waals surface area contributed by atoms with Crippen LogP contribution in [0.3, 0.4) is 0 Å². The van der Waals surface area contributed by atoms with E-state index in [0.717, 1.165) is 63.5 Å². The number of rotatable bonds is 4. The van der Waals surface area contributed by atoms with Crippen molar-refractivity contribution in [2.24, 2.45) is 0 Å². The van der Waals surface area contributed by atoms with Gasteiger partial charge in [0, 0.05) is 57.4 Å². The second kappa shape index (κ2) is 10.6. The average Bonchev–Trinajstić information content (AvgIpc) is 2.81. The molecule has 0 spiro atoms. The molecule has 0 aromatic heterocycles. The molecule has 31 heavy (non-hydrogen) atoms. The number of anilines is 2. The van der Waals surface area contributed by atoms with Crippen LogP contribution in [-0.2, 0) is 4.79 Å². The number of amides is 3. The van der Waals surface area contributed by atoms with Crippen LogP contribution in [-0.4, -0.2) is 85.5 Å². The molecular weight excluding hydrogens is 414 g/mol. The van der Waals surface area contributed by atoms with E-state index in [1.54, 1.807) is 0 Å². The van der Waals surface area contributed by atoms with Crippen molar-refractivity contribution >= 4 is 34.9 Å². The average molecular weight is 448 g/mol. The molecule has 3 saturated heterocycles. The van der Waals surface area contributed by atoms with Crippen molar-refractivity contribution in [2.75, 3.05) is 69.1 Å². The molecule has 0 aliphatic carbocycles. The lowest BCUT2D eigenvalue weighted by molar-refractivity contribution is -0.133. The summed E-state index contributed by atoms with van der Waals surface area (Å²) in [5.74, 6) is 0.225. The minimum atomic E-state index is -0.0949. The third kappa shape index (κ3) is 5.83. The SMILES string of the molecule is O=C(CN1CCN(C(=O)Nc2cc(Cl)ccc2N2CCCCC2)CC1)N1CCCCC1. The Balaban J connectivity index is 1.30. The Morgan fingerprint density at radius 3 is 2.13 bits per heavy atom. The number of likely N-dealkylation sites (tertiary alicyclic amines) is 1. The zero-order chi connectivity index (χ0) is 21.6. The molecule has 1 aromatic carbocycles. The Labute approximate surface area is 190 Å². The van der Waals surface area contributed by atoms with E-state index >= 15 is 0 Å². The summed E-state index contributed by atoms with van der Waals surface area (Å²) in [5.41, 5.74) is 1.82. The number of carbonyl (C=O) groups is 2. The number of piperazine rings is 1. The lowest BCUT2D eigenvalue weighted by Gasteiger charge is -2.36. The van der Waals surface area contributed by atoms with Crippen molar-refractivity contribution < 1.29 is 9.59 Å². The van der Waals surface area contributed by atoms with Gasteiger partial charge in [-0.05, 0) is 56.7 Å². The normalized spacial score (nSPS) is 20.6. The zero-order valence-electron chi connectivity index (χ0n) is 18.3. The van der Waals surface area contributed by atoms with Crippen LogP contribution in [0.25, 0.3) is 0 Å². The summed E-state index contributed by atoms with van der Waals surface area (Å²) in [7, 11) is 0. The second-order valence-corrected chi connectivity index (χ2v) is 9.28. The smallest absolute Gasteiger partial charge is 0.321 e. The van der Waals surface area contributed by atoms with Crippen LogP contribution >= 0.6 is 11.6 Å². The highest BCUT2D eigenvalue weighted by molar-refractivity contribution is 6.31. The van der Waals surface area contributed by atoms with Gasteiger partial charge in [-0.3, -0.25) is 9.69 Å². The maximum Gasteiger partial charge on any atom is 0.321 e. The fraction of sp³-hybridized carbons (Fsp3) is 0.652. The monoisotopic (exact) mass is 447 g/mol. The second-order valence-electron chi connectivity index (χ2n) is 8.84. The Morgan fingerprint density at radius 1 is 0.806 bits per heavy atom. The van der Waals surface area contributed by atoms with Crippen LogP contribution in [0.5, 0.6) is 0 Å². The Morgan fingerprint density at radius 2 is 1.45 bits per heavy atom. The molecule has 8 heteroatoms. The molecule has 0 saturated carbocycles. The van der Waals surface area contributed by atoms with E-state index in [1.807, 2.05) is 28.0 Å². The zero-order valence-corrected chi connectivity index (χ0v) is 19.1. The molecule has 0 unspecified atom stereocenters. The van der Waals surface area contributed by atoms with Crippen molar-refractivity contribution in [1.82, 2.24) is 14.7 Å². The van der Waals surface area contributed by atoms with E-state index in [9.17, 15) is 9.59 Å². The standard InChI is InChI=1S/C23H34ClN5O2/c24-19-7-8-21(27-9-3-1-4-10-27)20(17-19)25-23(31)29-15-13-26(14-16-29)18-22(30)28-11-5-2-6-12-28/h7-8,17H,1-6,9-16,18H2,(H,25,31). The first-order valence-electron chi connectivity index (χ1n) is 11.7. The van der Waals surface area contributed by atoms with E-state index in [-0.39, 0.29) is 11.9 Å². The molecule has 0 radical (unpaired) electrons.